The molecular formula is C22H29N3O5S2. The van der Waals surface area contributed by atoms with Crippen LogP contribution >= 0.6 is 11.3 Å². The molecule has 0 unspecified atom stereocenters. The van der Waals surface area contributed by atoms with Gasteiger partial charge in [-0.15, -0.1) is 11.3 Å². The molecule has 174 valence electrons. The molecule has 2 aliphatic rings. The molecule has 3 heterocycles. The summed E-state index contributed by atoms with van der Waals surface area (Å²) in [4.78, 5) is 16.5. The molecule has 8 nitrogen and oxygen atoms in total. The highest BCUT2D eigenvalue weighted by Gasteiger charge is 2.30. The minimum atomic E-state index is -3.68. The number of carbonyl (C=O) groups excluding carboxylic acids is 1. The van der Waals surface area contributed by atoms with Gasteiger partial charge in [0.1, 0.15) is 5.75 Å². The molecule has 1 aromatic heterocycles. The van der Waals surface area contributed by atoms with Gasteiger partial charge >= 0.3 is 0 Å². The number of benzene rings is 1. The van der Waals surface area contributed by atoms with Crippen molar-refractivity contribution < 1.29 is 22.7 Å². The van der Waals surface area contributed by atoms with E-state index < -0.39 is 10.0 Å². The number of thiophene rings is 1. The molecule has 0 saturated carbocycles. The topological polar surface area (TPSA) is 88.2 Å². The average molecular weight is 480 g/mol. The second-order valence-electron chi connectivity index (χ2n) is 7.80. The van der Waals surface area contributed by atoms with E-state index in [9.17, 15) is 13.2 Å². The first-order valence-corrected chi connectivity index (χ1v) is 13.2. The van der Waals surface area contributed by atoms with E-state index in [0.717, 1.165) is 19.4 Å². The van der Waals surface area contributed by atoms with Crippen molar-refractivity contribution in [3.8, 4) is 5.75 Å². The quantitative estimate of drug-likeness (QED) is 0.626. The van der Waals surface area contributed by atoms with Crippen LogP contribution in [-0.2, 0) is 19.6 Å². The zero-order valence-corrected chi connectivity index (χ0v) is 19.8. The Balaban J connectivity index is 1.51. The summed E-state index contributed by atoms with van der Waals surface area (Å²) in [5.74, 6) is 0.272. The van der Waals surface area contributed by atoms with E-state index in [2.05, 4.69) is 21.7 Å². The van der Waals surface area contributed by atoms with Gasteiger partial charge in [0, 0.05) is 24.0 Å². The predicted molar refractivity (Wildman–Crippen MR) is 124 cm³/mol. The van der Waals surface area contributed by atoms with Crippen LogP contribution in [0.3, 0.4) is 0 Å². The highest BCUT2D eigenvalue weighted by atomic mass is 32.2. The van der Waals surface area contributed by atoms with E-state index in [0.29, 0.717) is 44.3 Å². The number of likely N-dealkylation sites (tertiary alicyclic amines) is 1. The van der Waals surface area contributed by atoms with E-state index in [4.69, 9.17) is 9.47 Å². The Morgan fingerprint density at radius 1 is 1.25 bits per heavy atom. The Kier molecular flexibility index (Phi) is 7.47. The van der Waals surface area contributed by atoms with Crippen molar-refractivity contribution in [2.75, 3.05) is 51.3 Å². The number of anilines is 1. The van der Waals surface area contributed by atoms with E-state index in [1.807, 2.05) is 13.0 Å². The van der Waals surface area contributed by atoms with Crippen molar-refractivity contribution in [1.82, 2.24) is 9.21 Å². The number of hydrogen-bond acceptors (Lipinski definition) is 7. The van der Waals surface area contributed by atoms with Crippen molar-refractivity contribution in [3.63, 3.8) is 0 Å². The fourth-order valence-electron chi connectivity index (χ4n) is 4.18. The molecule has 32 heavy (non-hydrogen) atoms. The molecule has 0 spiro atoms. The second-order valence-corrected chi connectivity index (χ2v) is 10.7. The average Bonchev–Trinajstić information content (AvgIpc) is 3.47. The van der Waals surface area contributed by atoms with Crippen LogP contribution in [0.4, 0.5) is 5.69 Å². The summed E-state index contributed by atoms with van der Waals surface area (Å²) in [6, 6.07) is 9.02. The third-order valence-corrected chi connectivity index (χ3v) is 8.58. The molecule has 2 saturated heterocycles. The lowest BCUT2D eigenvalue weighted by molar-refractivity contribution is -0.117. The van der Waals surface area contributed by atoms with Crippen LogP contribution < -0.4 is 10.1 Å². The fourth-order valence-corrected chi connectivity index (χ4v) is 6.51. The molecular weight excluding hydrogens is 450 g/mol. The highest BCUT2D eigenvalue weighted by molar-refractivity contribution is 7.89. The first-order chi connectivity index (χ1) is 15.5. The third kappa shape index (κ3) is 5.15. The highest BCUT2D eigenvalue weighted by Crippen LogP contribution is 2.34. The van der Waals surface area contributed by atoms with Gasteiger partial charge < -0.3 is 14.8 Å². The summed E-state index contributed by atoms with van der Waals surface area (Å²) in [6.45, 7) is 4.74. The van der Waals surface area contributed by atoms with Crippen LogP contribution in [-0.4, -0.2) is 69.5 Å². The predicted octanol–water partition coefficient (Wildman–Crippen LogP) is 2.94. The lowest BCUT2D eigenvalue weighted by Crippen LogP contribution is -2.40. The van der Waals surface area contributed by atoms with Gasteiger partial charge in [-0.25, -0.2) is 8.42 Å². The Labute approximate surface area is 193 Å². The van der Waals surface area contributed by atoms with E-state index in [1.165, 1.54) is 21.3 Å². The number of nitrogens with zero attached hydrogens (tertiary/aromatic N) is 2. The second kappa shape index (κ2) is 10.3. The fraction of sp³-hybridized carbons (Fsp3) is 0.500. The summed E-state index contributed by atoms with van der Waals surface area (Å²) in [7, 11) is -3.68. The van der Waals surface area contributed by atoms with E-state index >= 15 is 0 Å². The van der Waals surface area contributed by atoms with E-state index in [-0.39, 0.29) is 23.4 Å². The maximum Gasteiger partial charge on any atom is 0.243 e. The molecule has 10 heteroatoms. The minimum absolute atomic E-state index is 0.135. The number of carbonyl (C=O) groups is 1. The van der Waals surface area contributed by atoms with Gasteiger partial charge in [-0.2, -0.15) is 4.31 Å². The zero-order chi connectivity index (χ0) is 22.6. The standard InChI is InChI=1S/C22H29N3O5S2/c1-2-30-20-8-7-17(32(27,28)25-10-12-29-13-11-25)15-18(20)23-22(26)16-24-9-3-5-19(24)21-6-4-14-31-21/h4,6-8,14-15,19H,2-3,5,9-13,16H2,1H3,(H,23,26)/t19-/m0/s1. The van der Waals surface area contributed by atoms with Gasteiger partial charge in [0.25, 0.3) is 0 Å². The number of hydrogen-bond donors (Lipinski definition) is 1. The first-order valence-electron chi connectivity index (χ1n) is 10.9. The number of nitrogens with one attached hydrogen (secondary N) is 1. The molecule has 4 rings (SSSR count). The number of sulfonamides is 1. The van der Waals surface area contributed by atoms with Gasteiger partial charge in [-0.1, -0.05) is 6.07 Å². The van der Waals surface area contributed by atoms with Crippen LogP contribution in [0.25, 0.3) is 0 Å². The molecule has 1 N–H and O–H groups in total. The van der Waals surface area contributed by atoms with Crippen molar-refractivity contribution in [2.24, 2.45) is 0 Å². The van der Waals surface area contributed by atoms with Crippen molar-refractivity contribution in [2.45, 2.75) is 30.7 Å². The van der Waals surface area contributed by atoms with Crippen molar-refractivity contribution in [1.29, 1.82) is 0 Å². The van der Waals surface area contributed by atoms with Gasteiger partial charge in [0.2, 0.25) is 15.9 Å². The van der Waals surface area contributed by atoms with Crippen LogP contribution in [0.15, 0.2) is 40.6 Å². The number of ether oxygens (including phenoxy) is 2. The number of amides is 1. The Morgan fingerprint density at radius 3 is 2.78 bits per heavy atom. The van der Waals surface area contributed by atoms with Crippen molar-refractivity contribution >= 4 is 33.0 Å². The molecule has 0 aliphatic carbocycles. The summed E-state index contributed by atoms with van der Waals surface area (Å²) in [6.07, 6.45) is 2.08. The Hall–Kier alpha value is -1.98. The molecule has 2 aliphatic heterocycles. The SMILES string of the molecule is CCOc1ccc(S(=O)(=O)N2CCOCC2)cc1NC(=O)CN1CCC[C@H]1c1cccs1. The first kappa shape index (κ1) is 23.2. The minimum Gasteiger partial charge on any atom is -0.492 e. The maximum atomic E-state index is 13.1. The molecule has 1 amide bonds. The number of rotatable bonds is 8. The molecule has 0 radical (unpaired) electrons. The lowest BCUT2D eigenvalue weighted by atomic mass is 10.2. The van der Waals surface area contributed by atoms with Gasteiger partial charge in [0.15, 0.2) is 0 Å². The van der Waals surface area contributed by atoms with Crippen molar-refractivity contribution in [3.05, 3.63) is 40.6 Å². The Morgan fingerprint density at radius 2 is 2.06 bits per heavy atom. The molecule has 1 aromatic carbocycles. The normalized spacial score (nSPS) is 20.3. The summed E-state index contributed by atoms with van der Waals surface area (Å²) in [5.41, 5.74) is 0.373. The van der Waals surface area contributed by atoms with Gasteiger partial charge in [0.05, 0.1) is 36.9 Å². The summed E-state index contributed by atoms with van der Waals surface area (Å²) in [5, 5.41) is 4.95. The van der Waals surface area contributed by atoms with Crippen LogP contribution in [0.1, 0.15) is 30.7 Å². The van der Waals surface area contributed by atoms with Gasteiger partial charge in [-0.05, 0) is 56.0 Å². The monoisotopic (exact) mass is 479 g/mol. The summed E-state index contributed by atoms with van der Waals surface area (Å²) < 4.78 is 38.4. The largest absolute Gasteiger partial charge is 0.492 e. The zero-order valence-electron chi connectivity index (χ0n) is 18.2. The van der Waals surface area contributed by atoms with Crippen LogP contribution in [0.5, 0.6) is 5.75 Å². The molecule has 2 fully saturated rings. The summed E-state index contributed by atoms with van der Waals surface area (Å²) >= 11 is 1.71. The molecule has 2 aromatic rings. The van der Waals surface area contributed by atoms with Crippen LogP contribution in [0, 0.1) is 0 Å². The number of morpholine rings is 1. The smallest absolute Gasteiger partial charge is 0.243 e. The third-order valence-electron chi connectivity index (χ3n) is 5.71. The Bertz CT molecular complexity index is 1020. The van der Waals surface area contributed by atoms with Gasteiger partial charge in [-0.3, -0.25) is 9.69 Å². The molecule has 0 bridgehead atoms. The maximum absolute atomic E-state index is 13.1. The van der Waals surface area contributed by atoms with Crippen LogP contribution in [0.2, 0.25) is 0 Å². The lowest BCUT2D eigenvalue weighted by Gasteiger charge is -2.26. The van der Waals surface area contributed by atoms with E-state index in [1.54, 1.807) is 17.4 Å². The molecule has 1 atom stereocenters.